The summed E-state index contributed by atoms with van der Waals surface area (Å²) in [7, 11) is 0. The first kappa shape index (κ1) is 32.2. The zero-order valence-corrected chi connectivity index (χ0v) is 28.7. The lowest BCUT2D eigenvalue weighted by molar-refractivity contribution is -0.211. The number of thiophene rings is 2. The Morgan fingerprint density at radius 1 is 0.745 bits per heavy atom. The van der Waals surface area contributed by atoms with Gasteiger partial charge in [0.15, 0.2) is 5.69 Å². The fraction of sp³-hybridized carbons (Fsp3) is 0.154. The molecular formula is C39H28N6O4S2. The topological polar surface area (TPSA) is 105 Å². The van der Waals surface area contributed by atoms with Crippen molar-refractivity contribution in [1.82, 2.24) is 19.1 Å². The minimum Gasteiger partial charge on any atom is -0.461 e. The second-order valence-electron chi connectivity index (χ2n) is 11.5. The summed E-state index contributed by atoms with van der Waals surface area (Å²) in [5.41, 5.74) is 7.05. The van der Waals surface area contributed by atoms with E-state index >= 15 is 0 Å². The number of carbonyl (C=O) groups excluding carboxylic acids is 1. The molecule has 0 unspecified atom stereocenters. The van der Waals surface area contributed by atoms with Crippen molar-refractivity contribution in [3.05, 3.63) is 133 Å². The van der Waals surface area contributed by atoms with E-state index in [0.717, 1.165) is 59.1 Å². The number of benzene rings is 2. The van der Waals surface area contributed by atoms with Gasteiger partial charge in [-0.05, 0) is 25.0 Å². The maximum atomic E-state index is 13.2. The van der Waals surface area contributed by atoms with Gasteiger partial charge in [-0.15, -0.1) is 35.5 Å². The van der Waals surface area contributed by atoms with E-state index in [1.54, 1.807) is 12.7 Å². The number of esters is 1. The lowest BCUT2D eigenvalue weighted by Crippen LogP contribution is -2.11. The fourth-order valence-corrected chi connectivity index (χ4v) is 7.95. The third-order valence-electron chi connectivity index (χ3n) is 8.41. The van der Waals surface area contributed by atoms with Crippen molar-refractivity contribution < 1.29 is 19.3 Å². The number of aromatic nitrogens is 4. The van der Waals surface area contributed by atoms with Crippen LogP contribution in [0.1, 0.15) is 65.4 Å². The number of rotatable bonds is 10. The van der Waals surface area contributed by atoms with Crippen LogP contribution in [0, 0.1) is 24.7 Å². The predicted molar refractivity (Wildman–Crippen MR) is 196 cm³/mol. The summed E-state index contributed by atoms with van der Waals surface area (Å²) in [5.74, 6) is 5.30. The lowest BCUT2D eigenvalue weighted by atomic mass is 10.1. The van der Waals surface area contributed by atoms with Crippen LogP contribution < -0.4 is 4.89 Å². The summed E-state index contributed by atoms with van der Waals surface area (Å²) in [6, 6.07) is 23.8. The van der Waals surface area contributed by atoms with E-state index in [2.05, 4.69) is 21.8 Å². The first-order valence-electron chi connectivity index (χ1n) is 16.1. The quantitative estimate of drug-likeness (QED) is 0.0510. The van der Waals surface area contributed by atoms with Gasteiger partial charge in [0.05, 0.1) is 74.3 Å². The lowest BCUT2D eigenvalue weighted by Gasteiger charge is -2.07. The number of unbranched alkanes of at least 4 members (excludes halogenated alkanes) is 1. The normalized spacial score (nSPS) is 12.8. The summed E-state index contributed by atoms with van der Waals surface area (Å²) in [6.45, 7) is 1.07. The summed E-state index contributed by atoms with van der Waals surface area (Å²) in [4.78, 5) is 46.5. The van der Waals surface area contributed by atoms with Crippen LogP contribution in [0.3, 0.4) is 0 Å². The van der Waals surface area contributed by atoms with Gasteiger partial charge in [0, 0.05) is 11.1 Å². The highest BCUT2D eigenvalue weighted by atomic mass is 32.1. The molecule has 2 aromatic carbocycles. The van der Waals surface area contributed by atoms with Gasteiger partial charge in [0.25, 0.3) is 5.88 Å². The average molecular weight is 709 g/mol. The van der Waals surface area contributed by atoms with E-state index in [9.17, 15) is 4.79 Å². The molecule has 0 spiro atoms. The molecule has 10 nitrogen and oxygen atoms in total. The minimum atomic E-state index is -0.509. The Morgan fingerprint density at radius 3 is 1.90 bits per heavy atom. The first-order chi connectivity index (χ1) is 25.1. The summed E-state index contributed by atoms with van der Waals surface area (Å²) < 4.78 is 9.44. The van der Waals surface area contributed by atoms with Crippen LogP contribution in [0.15, 0.2) is 95.4 Å². The predicted octanol–water partition coefficient (Wildman–Crippen LogP) is 6.79. The molecule has 6 heterocycles. The second-order valence-corrected chi connectivity index (χ2v) is 13.6. The van der Waals surface area contributed by atoms with E-state index in [1.165, 1.54) is 22.7 Å². The third kappa shape index (κ3) is 6.17. The standard InChI is InChI=1S/C39H28N6O4S2/c1-3-27-19-29-36(50-27)33(25-13-7-5-8-14-25)40-21-31-35(42-23-44(29)31)39(46)47-17-11-12-18-48-49-38-32-22-41-34(26-15-9-6-10-16-26)37-30(45(32)24-43-38)20-28(4-2)51-37/h1-2,5-10,13-16,19-20,23-24H,11-12,17-18,21-22H2. The van der Waals surface area contributed by atoms with Gasteiger partial charge in [-0.2, -0.15) is 9.87 Å². The van der Waals surface area contributed by atoms with Gasteiger partial charge in [-0.1, -0.05) is 72.5 Å². The molecule has 2 aliphatic rings. The van der Waals surface area contributed by atoms with Gasteiger partial charge in [-0.3, -0.25) is 19.1 Å². The van der Waals surface area contributed by atoms with Crippen molar-refractivity contribution >= 4 is 40.1 Å². The van der Waals surface area contributed by atoms with Gasteiger partial charge in [0.1, 0.15) is 18.3 Å². The average Bonchev–Trinajstić information content (AvgIpc) is 3.95. The van der Waals surface area contributed by atoms with Crippen LogP contribution in [0.2, 0.25) is 0 Å². The number of nitrogens with zero attached hydrogens (tertiary/aromatic N) is 6. The van der Waals surface area contributed by atoms with E-state index in [1.807, 2.05) is 81.9 Å². The van der Waals surface area contributed by atoms with E-state index < -0.39 is 5.97 Å². The Balaban J connectivity index is 0.879. The molecule has 51 heavy (non-hydrogen) atoms. The van der Waals surface area contributed by atoms with Crippen LogP contribution in [-0.4, -0.2) is 49.7 Å². The molecule has 0 saturated heterocycles. The molecule has 250 valence electrons. The Morgan fingerprint density at radius 2 is 1.29 bits per heavy atom. The highest BCUT2D eigenvalue weighted by molar-refractivity contribution is 7.15. The highest BCUT2D eigenvalue weighted by Crippen LogP contribution is 2.35. The van der Waals surface area contributed by atoms with Crippen molar-refractivity contribution in [3.63, 3.8) is 0 Å². The zero-order valence-electron chi connectivity index (χ0n) is 27.1. The largest absolute Gasteiger partial charge is 0.461 e. The number of imidazole rings is 2. The molecule has 0 bridgehead atoms. The number of hydrogen-bond donors (Lipinski definition) is 0. The third-order valence-corrected chi connectivity index (χ3v) is 10.5. The fourth-order valence-electron chi connectivity index (χ4n) is 5.97. The highest BCUT2D eigenvalue weighted by Gasteiger charge is 2.28. The smallest absolute Gasteiger partial charge is 0.358 e. The van der Waals surface area contributed by atoms with Crippen molar-refractivity contribution in [2.24, 2.45) is 9.98 Å². The van der Waals surface area contributed by atoms with Crippen LogP contribution in [-0.2, 0) is 22.7 Å². The zero-order chi connectivity index (χ0) is 34.7. The number of ether oxygens (including phenoxy) is 1. The summed E-state index contributed by atoms with van der Waals surface area (Å²) >= 11 is 3.01. The van der Waals surface area contributed by atoms with Crippen LogP contribution in [0.25, 0.3) is 11.4 Å². The summed E-state index contributed by atoms with van der Waals surface area (Å²) in [5, 5.41) is 0. The number of fused-ring (bicyclic) bond motifs is 6. The number of carbonyl (C=O) groups is 1. The Kier molecular flexibility index (Phi) is 8.87. The van der Waals surface area contributed by atoms with Gasteiger partial charge in [-0.25, -0.2) is 9.78 Å². The monoisotopic (exact) mass is 708 g/mol. The molecule has 0 N–H and O–H groups in total. The molecule has 6 aromatic rings. The van der Waals surface area contributed by atoms with Crippen molar-refractivity contribution in [2.45, 2.75) is 25.9 Å². The van der Waals surface area contributed by atoms with Gasteiger partial charge in [0.2, 0.25) is 0 Å². The second kappa shape index (κ2) is 14.1. The number of hydrogen-bond acceptors (Lipinski definition) is 10. The molecule has 0 amide bonds. The maximum Gasteiger partial charge on any atom is 0.358 e. The molecule has 0 fully saturated rings. The van der Waals surface area contributed by atoms with Crippen LogP contribution in [0.4, 0.5) is 0 Å². The van der Waals surface area contributed by atoms with Crippen molar-refractivity contribution in [1.29, 1.82) is 0 Å². The molecule has 4 aromatic heterocycles. The van der Waals surface area contributed by atoms with E-state index in [0.29, 0.717) is 31.0 Å². The van der Waals surface area contributed by atoms with Crippen LogP contribution in [0.5, 0.6) is 5.88 Å². The Labute approximate surface area is 301 Å². The Hall–Kier alpha value is -6.05. The van der Waals surface area contributed by atoms with Crippen molar-refractivity contribution in [2.75, 3.05) is 13.2 Å². The first-order valence-corrected chi connectivity index (χ1v) is 17.8. The van der Waals surface area contributed by atoms with Crippen LogP contribution >= 0.6 is 22.7 Å². The number of terminal acetylenes is 2. The van der Waals surface area contributed by atoms with E-state index in [-0.39, 0.29) is 25.5 Å². The summed E-state index contributed by atoms with van der Waals surface area (Å²) in [6.07, 6.45) is 16.0. The molecule has 12 heteroatoms. The Bertz CT molecular complexity index is 2400. The molecule has 2 aliphatic heterocycles. The number of aliphatic imine (C=N–C) groups is 2. The van der Waals surface area contributed by atoms with E-state index in [4.69, 9.17) is 37.3 Å². The van der Waals surface area contributed by atoms with Crippen molar-refractivity contribution in [3.8, 4) is 41.9 Å². The molecule has 0 atom stereocenters. The molecule has 0 saturated carbocycles. The van der Waals surface area contributed by atoms with Gasteiger partial charge < -0.3 is 9.62 Å². The minimum absolute atomic E-state index is 0.188. The molecule has 0 radical (unpaired) electrons. The molecule has 0 aliphatic carbocycles. The maximum absolute atomic E-state index is 13.2. The SMILES string of the molecule is C#Cc1cc2c(s1)C(c1ccccc1)=NCc1c(OOCCCCOC(=O)c3ncn4c3CN=C(c3ccccc3)c3sc(C#C)cc3-4)ncn1-2. The van der Waals surface area contributed by atoms with Gasteiger partial charge >= 0.3 is 5.97 Å². The molecule has 8 rings (SSSR count). The molecular weight excluding hydrogens is 681 g/mol.